The van der Waals surface area contributed by atoms with Crippen LogP contribution < -0.4 is 10.7 Å². The van der Waals surface area contributed by atoms with Crippen molar-refractivity contribution in [1.82, 2.24) is 14.9 Å². The Bertz CT molecular complexity index is 1020. The first kappa shape index (κ1) is 19.4. The van der Waals surface area contributed by atoms with Gasteiger partial charge in [-0.05, 0) is 35.7 Å². The zero-order valence-electron chi connectivity index (χ0n) is 16.2. The van der Waals surface area contributed by atoms with Crippen LogP contribution in [0.1, 0.15) is 36.8 Å². The van der Waals surface area contributed by atoms with E-state index in [1.54, 1.807) is 12.1 Å². The van der Waals surface area contributed by atoms with Crippen molar-refractivity contribution in [1.29, 1.82) is 0 Å². The number of hydrogen-bond donors (Lipinski definition) is 2. The molecule has 1 aliphatic rings. The number of amides is 1. The maximum Gasteiger partial charge on any atom is 0.240 e. The minimum Gasteiger partial charge on any atom is -0.325 e. The van der Waals surface area contributed by atoms with E-state index in [1.807, 2.05) is 35.9 Å². The molecule has 0 saturated carbocycles. The van der Waals surface area contributed by atoms with Crippen LogP contribution >= 0.6 is 11.8 Å². The average Bonchev–Trinajstić information content (AvgIpc) is 3.16. The molecule has 2 aromatic carbocycles. The summed E-state index contributed by atoms with van der Waals surface area (Å²) in [4.78, 5) is 13.3. The van der Waals surface area contributed by atoms with Crippen molar-refractivity contribution in [2.75, 3.05) is 10.7 Å². The summed E-state index contributed by atoms with van der Waals surface area (Å²) in [5.41, 5.74) is 6.07. The van der Waals surface area contributed by atoms with Gasteiger partial charge in [-0.25, -0.2) is 9.07 Å². The van der Waals surface area contributed by atoms with Crippen molar-refractivity contribution in [2.45, 2.75) is 43.1 Å². The topological polar surface area (TPSA) is 71.8 Å². The van der Waals surface area contributed by atoms with Crippen molar-refractivity contribution < 1.29 is 9.18 Å². The van der Waals surface area contributed by atoms with Crippen molar-refractivity contribution in [2.24, 2.45) is 0 Å². The second kappa shape index (κ2) is 8.24. The minimum atomic E-state index is -0.494. The highest BCUT2D eigenvalue weighted by atomic mass is 32.2. The summed E-state index contributed by atoms with van der Waals surface area (Å²) in [5, 5.41) is 11.6. The van der Waals surface area contributed by atoms with E-state index in [9.17, 15) is 9.18 Å². The largest absolute Gasteiger partial charge is 0.325 e. The van der Waals surface area contributed by atoms with Gasteiger partial charge in [0.2, 0.25) is 11.1 Å². The summed E-state index contributed by atoms with van der Waals surface area (Å²) in [5.74, 6) is 0.342. The van der Waals surface area contributed by atoms with Gasteiger partial charge in [0.25, 0.3) is 0 Å². The van der Waals surface area contributed by atoms with Gasteiger partial charge >= 0.3 is 0 Å². The second-order valence-electron chi connectivity index (χ2n) is 6.78. The molecule has 0 unspecified atom stereocenters. The van der Waals surface area contributed by atoms with Crippen molar-refractivity contribution >= 4 is 23.4 Å². The molecule has 0 bridgehead atoms. The minimum absolute atomic E-state index is 0.134. The van der Waals surface area contributed by atoms with Crippen LogP contribution in [0, 0.1) is 5.82 Å². The first-order chi connectivity index (χ1) is 14.1. The van der Waals surface area contributed by atoms with Gasteiger partial charge < -0.3 is 10.7 Å². The maximum absolute atomic E-state index is 13.5. The van der Waals surface area contributed by atoms with Crippen molar-refractivity contribution in [3.63, 3.8) is 0 Å². The maximum atomic E-state index is 13.5. The number of para-hydroxylation sites is 1. The quantitative estimate of drug-likeness (QED) is 0.665. The summed E-state index contributed by atoms with van der Waals surface area (Å²) in [6.07, 6.45) is 1.53. The molecule has 150 valence electrons. The first-order valence-corrected chi connectivity index (χ1v) is 10.5. The Labute approximate surface area is 172 Å². The number of aromatic nitrogens is 3. The van der Waals surface area contributed by atoms with Gasteiger partial charge in [-0.15, -0.1) is 10.2 Å². The van der Waals surface area contributed by atoms with E-state index in [0.717, 1.165) is 29.1 Å². The number of halogens is 1. The first-order valence-electron chi connectivity index (χ1n) is 9.62. The lowest BCUT2D eigenvalue weighted by Crippen LogP contribution is -2.41. The molecule has 8 heteroatoms. The molecule has 2 heterocycles. The highest BCUT2D eigenvalue weighted by Gasteiger charge is 2.37. The molecule has 0 aliphatic carbocycles. The Morgan fingerprint density at radius 3 is 2.62 bits per heavy atom. The number of aryl methyl sites for hydroxylation is 2. The number of nitrogens with one attached hydrogen (secondary N) is 2. The van der Waals surface area contributed by atoms with Crippen molar-refractivity contribution in [3.05, 3.63) is 71.3 Å². The fraction of sp³-hybridized carbons (Fsp3) is 0.286. The van der Waals surface area contributed by atoms with Gasteiger partial charge in [0.05, 0.1) is 6.04 Å². The number of carbonyl (C=O) groups excluding carboxylic acids is 1. The predicted octanol–water partition coefficient (Wildman–Crippen LogP) is 3.94. The standard InChI is InChI=1S/C21H22FN5OS/c1-3-13-7-5-6-8-16(13)23-20(28)19-18(14-9-11-15(22)12-10-14)26-27-17(4-2)24-25-21(27)29-19/h5-12,18-19,26H,3-4H2,1-2H3,(H,23,28)/t18-,19-/m1/s1. The number of benzene rings is 2. The molecule has 2 atom stereocenters. The average molecular weight is 412 g/mol. The summed E-state index contributed by atoms with van der Waals surface area (Å²) >= 11 is 1.36. The number of anilines is 1. The Hall–Kier alpha value is -2.87. The molecule has 2 N–H and O–H groups in total. The Morgan fingerprint density at radius 2 is 1.90 bits per heavy atom. The van der Waals surface area contributed by atoms with Crippen LogP contribution in [0.15, 0.2) is 53.7 Å². The lowest BCUT2D eigenvalue weighted by molar-refractivity contribution is -0.116. The molecule has 0 fully saturated rings. The van der Waals surface area contributed by atoms with E-state index in [0.29, 0.717) is 11.6 Å². The highest BCUT2D eigenvalue weighted by molar-refractivity contribution is 8.00. The zero-order chi connectivity index (χ0) is 20.4. The van der Waals surface area contributed by atoms with Gasteiger partial charge in [-0.1, -0.05) is 55.9 Å². The van der Waals surface area contributed by atoms with Crippen LogP contribution in [0.4, 0.5) is 10.1 Å². The molecular weight excluding hydrogens is 389 g/mol. The van der Waals surface area contributed by atoms with E-state index in [4.69, 9.17) is 0 Å². The van der Waals surface area contributed by atoms with E-state index in [1.165, 1.54) is 23.9 Å². The Kier molecular flexibility index (Phi) is 5.53. The third-order valence-corrected chi connectivity index (χ3v) is 6.18. The number of thioether (sulfide) groups is 1. The number of rotatable bonds is 5. The van der Waals surface area contributed by atoms with Gasteiger partial charge in [-0.3, -0.25) is 4.79 Å². The fourth-order valence-electron chi connectivity index (χ4n) is 3.40. The third-order valence-electron chi connectivity index (χ3n) is 4.96. The fourth-order valence-corrected chi connectivity index (χ4v) is 4.50. The molecular formula is C21H22FN5OS. The second-order valence-corrected chi connectivity index (χ2v) is 7.89. The monoisotopic (exact) mass is 411 g/mol. The van der Waals surface area contributed by atoms with Gasteiger partial charge in [0.1, 0.15) is 11.1 Å². The summed E-state index contributed by atoms with van der Waals surface area (Å²) in [6.45, 7) is 4.05. The van der Waals surface area contributed by atoms with Crippen LogP contribution in [-0.4, -0.2) is 26.0 Å². The summed E-state index contributed by atoms with van der Waals surface area (Å²) in [7, 11) is 0. The van der Waals surface area contributed by atoms with E-state index in [2.05, 4.69) is 27.9 Å². The van der Waals surface area contributed by atoms with Gasteiger partial charge in [-0.2, -0.15) is 0 Å². The molecule has 4 rings (SSSR count). The molecule has 0 radical (unpaired) electrons. The van der Waals surface area contributed by atoms with Crippen LogP contribution in [-0.2, 0) is 17.6 Å². The molecule has 1 aliphatic heterocycles. The number of nitrogens with zero attached hydrogens (tertiary/aromatic N) is 3. The normalized spacial score (nSPS) is 18.0. The van der Waals surface area contributed by atoms with Crippen LogP contribution in [0.2, 0.25) is 0 Å². The SMILES string of the molecule is CCc1ccccc1NC(=O)[C@@H]1Sc2nnc(CC)n2N[C@@H]1c1ccc(F)cc1. The van der Waals surface area contributed by atoms with Crippen LogP contribution in [0.3, 0.4) is 0 Å². The molecule has 3 aromatic rings. The Balaban J connectivity index is 1.68. The summed E-state index contributed by atoms with van der Waals surface area (Å²) < 4.78 is 15.3. The van der Waals surface area contributed by atoms with E-state index in [-0.39, 0.29) is 17.8 Å². The number of hydrogen-bond acceptors (Lipinski definition) is 5. The third kappa shape index (κ3) is 3.85. The number of fused-ring (bicyclic) bond motifs is 1. The lowest BCUT2D eigenvalue weighted by atomic mass is 10.0. The smallest absolute Gasteiger partial charge is 0.240 e. The number of carbonyl (C=O) groups is 1. The van der Waals surface area contributed by atoms with Gasteiger partial charge in [0, 0.05) is 12.1 Å². The van der Waals surface area contributed by atoms with Crippen molar-refractivity contribution in [3.8, 4) is 0 Å². The molecule has 1 aromatic heterocycles. The van der Waals surface area contributed by atoms with E-state index < -0.39 is 5.25 Å². The zero-order valence-corrected chi connectivity index (χ0v) is 17.0. The Morgan fingerprint density at radius 1 is 1.14 bits per heavy atom. The molecule has 29 heavy (non-hydrogen) atoms. The van der Waals surface area contributed by atoms with E-state index >= 15 is 0 Å². The predicted molar refractivity (Wildman–Crippen MR) is 112 cm³/mol. The van der Waals surface area contributed by atoms with Crippen LogP contribution in [0.25, 0.3) is 0 Å². The summed E-state index contributed by atoms with van der Waals surface area (Å²) in [6, 6.07) is 13.6. The highest BCUT2D eigenvalue weighted by Crippen LogP contribution is 2.37. The molecule has 1 amide bonds. The molecule has 0 spiro atoms. The molecule has 6 nitrogen and oxygen atoms in total. The molecule has 0 saturated heterocycles. The van der Waals surface area contributed by atoms with Crippen LogP contribution in [0.5, 0.6) is 0 Å². The van der Waals surface area contributed by atoms with Gasteiger partial charge in [0.15, 0.2) is 5.82 Å². The lowest BCUT2D eigenvalue weighted by Gasteiger charge is -2.33.